The highest BCUT2D eigenvalue weighted by Crippen LogP contribution is 2.23. The molecule has 1 aliphatic heterocycles. The first-order valence-corrected chi connectivity index (χ1v) is 8.24. The van der Waals surface area contributed by atoms with Gasteiger partial charge in [-0.3, -0.25) is 9.58 Å². The third kappa shape index (κ3) is 3.07. The van der Waals surface area contributed by atoms with Gasteiger partial charge in [-0.25, -0.2) is 4.98 Å². The first-order valence-electron chi connectivity index (χ1n) is 8.24. The molecule has 124 valence electrons. The fraction of sp³-hybridized carbons (Fsp3) is 0.412. The Morgan fingerprint density at radius 2 is 2.21 bits per heavy atom. The van der Waals surface area contributed by atoms with Gasteiger partial charge < -0.3 is 4.52 Å². The molecule has 0 saturated carbocycles. The number of rotatable bonds is 5. The van der Waals surface area contributed by atoms with Gasteiger partial charge in [0, 0.05) is 11.6 Å². The van der Waals surface area contributed by atoms with E-state index in [4.69, 9.17) is 4.52 Å². The number of likely N-dealkylation sites (tertiary alicyclic amines) is 1. The highest BCUT2D eigenvalue weighted by molar-refractivity contribution is 5.58. The third-order valence-corrected chi connectivity index (χ3v) is 4.56. The molecule has 1 saturated heterocycles. The molecule has 2 aromatic heterocycles. The lowest BCUT2D eigenvalue weighted by Crippen LogP contribution is -2.32. The first-order chi connectivity index (χ1) is 11.8. The van der Waals surface area contributed by atoms with Crippen molar-refractivity contribution in [3.8, 4) is 11.4 Å². The van der Waals surface area contributed by atoms with Crippen LogP contribution in [-0.2, 0) is 13.1 Å². The molecule has 0 spiro atoms. The minimum Gasteiger partial charge on any atom is -0.338 e. The molecule has 0 aliphatic carbocycles. The van der Waals surface area contributed by atoms with Crippen LogP contribution in [0.5, 0.6) is 0 Å². The molecule has 1 fully saturated rings. The average Bonchev–Trinajstić information content (AvgIpc) is 3.32. The summed E-state index contributed by atoms with van der Waals surface area (Å²) in [4.78, 5) is 11.0. The fourth-order valence-electron chi connectivity index (χ4n) is 3.28. The standard InChI is InChI=1S/C17H20N6O/c1-13-5-2-3-7-15(13)17-20-16(24-21-17)10-22-8-4-6-14(22)9-23-12-18-11-19-23/h2-3,5,7,11-12,14H,4,6,8-10H2,1H3/t14-/m0/s1. The van der Waals surface area contributed by atoms with Crippen LogP contribution in [0.15, 0.2) is 41.4 Å². The number of nitrogens with zero attached hydrogens (tertiary/aromatic N) is 6. The van der Waals surface area contributed by atoms with Crippen molar-refractivity contribution in [1.82, 2.24) is 29.8 Å². The zero-order valence-electron chi connectivity index (χ0n) is 13.7. The van der Waals surface area contributed by atoms with Crippen molar-refractivity contribution in [2.24, 2.45) is 0 Å². The van der Waals surface area contributed by atoms with Gasteiger partial charge >= 0.3 is 0 Å². The van der Waals surface area contributed by atoms with Crippen molar-refractivity contribution >= 4 is 0 Å². The normalized spacial score (nSPS) is 18.3. The number of benzene rings is 1. The highest BCUT2D eigenvalue weighted by Gasteiger charge is 2.27. The summed E-state index contributed by atoms with van der Waals surface area (Å²) in [6.07, 6.45) is 5.67. The Balaban J connectivity index is 1.46. The summed E-state index contributed by atoms with van der Waals surface area (Å²) in [5.74, 6) is 1.33. The second-order valence-corrected chi connectivity index (χ2v) is 6.21. The van der Waals surface area contributed by atoms with Crippen molar-refractivity contribution < 1.29 is 4.52 Å². The summed E-state index contributed by atoms with van der Waals surface area (Å²) in [5.41, 5.74) is 2.17. The van der Waals surface area contributed by atoms with Gasteiger partial charge in [0.05, 0.1) is 13.1 Å². The van der Waals surface area contributed by atoms with E-state index in [1.165, 1.54) is 6.42 Å². The third-order valence-electron chi connectivity index (χ3n) is 4.56. The summed E-state index contributed by atoms with van der Waals surface area (Å²) in [6.45, 7) is 4.62. The lowest BCUT2D eigenvalue weighted by atomic mass is 10.1. The van der Waals surface area contributed by atoms with Crippen LogP contribution in [0.1, 0.15) is 24.3 Å². The Labute approximate surface area is 140 Å². The molecule has 7 nitrogen and oxygen atoms in total. The van der Waals surface area contributed by atoms with E-state index in [0.29, 0.717) is 24.3 Å². The van der Waals surface area contributed by atoms with Gasteiger partial charge in [-0.05, 0) is 31.9 Å². The average molecular weight is 324 g/mol. The number of aromatic nitrogens is 5. The van der Waals surface area contributed by atoms with E-state index in [1.54, 1.807) is 12.7 Å². The monoisotopic (exact) mass is 324 g/mol. The van der Waals surface area contributed by atoms with Crippen molar-refractivity contribution in [3.63, 3.8) is 0 Å². The Morgan fingerprint density at radius 1 is 1.29 bits per heavy atom. The molecule has 4 rings (SSSR count). The van der Waals surface area contributed by atoms with E-state index in [0.717, 1.165) is 30.6 Å². The molecule has 1 aliphatic rings. The first kappa shape index (κ1) is 15.0. The van der Waals surface area contributed by atoms with Gasteiger partial charge in [0.25, 0.3) is 0 Å². The van der Waals surface area contributed by atoms with E-state index in [1.807, 2.05) is 22.9 Å². The molecular formula is C17H20N6O. The molecule has 24 heavy (non-hydrogen) atoms. The van der Waals surface area contributed by atoms with E-state index >= 15 is 0 Å². The van der Waals surface area contributed by atoms with Crippen molar-refractivity contribution in [1.29, 1.82) is 0 Å². The fourth-order valence-corrected chi connectivity index (χ4v) is 3.28. The van der Waals surface area contributed by atoms with Gasteiger partial charge in [0.1, 0.15) is 12.7 Å². The number of hydrogen-bond acceptors (Lipinski definition) is 6. The van der Waals surface area contributed by atoms with Crippen LogP contribution in [0, 0.1) is 6.92 Å². The lowest BCUT2D eigenvalue weighted by Gasteiger charge is -2.22. The zero-order valence-corrected chi connectivity index (χ0v) is 13.7. The van der Waals surface area contributed by atoms with Crippen LogP contribution in [0.25, 0.3) is 11.4 Å². The van der Waals surface area contributed by atoms with Crippen LogP contribution in [0.2, 0.25) is 0 Å². The van der Waals surface area contributed by atoms with Crippen LogP contribution in [0.3, 0.4) is 0 Å². The summed E-state index contributed by atoms with van der Waals surface area (Å²) >= 11 is 0. The van der Waals surface area contributed by atoms with Crippen LogP contribution < -0.4 is 0 Å². The van der Waals surface area contributed by atoms with Crippen molar-refractivity contribution in [2.45, 2.75) is 38.9 Å². The van der Waals surface area contributed by atoms with E-state index in [9.17, 15) is 0 Å². The van der Waals surface area contributed by atoms with E-state index < -0.39 is 0 Å². The van der Waals surface area contributed by atoms with Crippen LogP contribution >= 0.6 is 0 Å². The molecule has 0 amide bonds. The number of aryl methyl sites for hydroxylation is 1. The Kier molecular flexibility index (Phi) is 4.08. The van der Waals surface area contributed by atoms with Crippen molar-refractivity contribution in [3.05, 3.63) is 48.4 Å². The summed E-state index contributed by atoms with van der Waals surface area (Å²) in [5, 5.41) is 8.35. The molecule has 0 radical (unpaired) electrons. The maximum absolute atomic E-state index is 5.48. The predicted octanol–water partition coefficient (Wildman–Crippen LogP) is 2.30. The Hall–Kier alpha value is -2.54. The minimum atomic E-state index is 0.431. The maximum Gasteiger partial charge on any atom is 0.241 e. The molecule has 1 aromatic carbocycles. The summed E-state index contributed by atoms with van der Waals surface area (Å²) < 4.78 is 7.37. The van der Waals surface area contributed by atoms with Gasteiger partial charge in [0.2, 0.25) is 11.7 Å². The quantitative estimate of drug-likeness (QED) is 0.717. The highest BCUT2D eigenvalue weighted by atomic mass is 16.5. The molecule has 0 unspecified atom stereocenters. The Morgan fingerprint density at radius 3 is 3.04 bits per heavy atom. The van der Waals surface area contributed by atoms with E-state index in [2.05, 4.69) is 38.1 Å². The molecule has 0 bridgehead atoms. The van der Waals surface area contributed by atoms with Crippen LogP contribution in [0.4, 0.5) is 0 Å². The molecule has 0 N–H and O–H groups in total. The minimum absolute atomic E-state index is 0.431. The van der Waals surface area contributed by atoms with Gasteiger partial charge in [0.15, 0.2) is 0 Å². The predicted molar refractivity (Wildman–Crippen MR) is 87.9 cm³/mol. The topological polar surface area (TPSA) is 72.9 Å². The lowest BCUT2D eigenvalue weighted by molar-refractivity contribution is 0.192. The second kappa shape index (κ2) is 6.52. The zero-order chi connectivity index (χ0) is 16.4. The Bertz CT molecular complexity index is 797. The second-order valence-electron chi connectivity index (χ2n) is 6.21. The molecule has 3 heterocycles. The van der Waals surface area contributed by atoms with Gasteiger partial charge in [-0.15, -0.1) is 0 Å². The maximum atomic E-state index is 5.48. The molecule has 1 atom stereocenters. The molecular weight excluding hydrogens is 304 g/mol. The van der Waals surface area contributed by atoms with E-state index in [-0.39, 0.29) is 0 Å². The van der Waals surface area contributed by atoms with Gasteiger partial charge in [-0.1, -0.05) is 29.4 Å². The molecule has 7 heteroatoms. The van der Waals surface area contributed by atoms with Crippen molar-refractivity contribution in [2.75, 3.05) is 6.54 Å². The smallest absolute Gasteiger partial charge is 0.241 e. The molecule has 3 aromatic rings. The number of hydrogen-bond donors (Lipinski definition) is 0. The summed E-state index contributed by atoms with van der Waals surface area (Å²) in [6, 6.07) is 8.51. The SMILES string of the molecule is Cc1ccccc1-c1noc(CN2CCC[C@H]2Cn2cncn2)n1. The summed E-state index contributed by atoms with van der Waals surface area (Å²) in [7, 11) is 0. The van der Waals surface area contributed by atoms with Crippen LogP contribution in [-0.4, -0.2) is 42.4 Å². The van der Waals surface area contributed by atoms with Gasteiger partial charge in [-0.2, -0.15) is 10.1 Å². The largest absolute Gasteiger partial charge is 0.338 e.